The lowest BCUT2D eigenvalue weighted by molar-refractivity contribution is -0.121. The molecule has 0 bridgehead atoms. The van der Waals surface area contributed by atoms with Gasteiger partial charge in [0.2, 0.25) is 5.91 Å². The Kier molecular flexibility index (Phi) is 4.68. The Labute approximate surface area is 121 Å². The van der Waals surface area contributed by atoms with Crippen molar-refractivity contribution >= 4 is 29.1 Å². The topological polar surface area (TPSA) is 58.6 Å². The molecule has 0 saturated carbocycles. The van der Waals surface area contributed by atoms with Crippen molar-refractivity contribution in [3.05, 3.63) is 33.8 Å². The molecule has 104 valence electrons. The summed E-state index contributed by atoms with van der Waals surface area (Å²) in [5.41, 5.74) is -0.238. The molecule has 1 fully saturated rings. The van der Waals surface area contributed by atoms with Crippen LogP contribution in [0.5, 0.6) is 0 Å². The molecule has 1 atom stereocenters. The Bertz CT molecular complexity index is 473. The van der Waals surface area contributed by atoms with Gasteiger partial charge in [0.25, 0.3) is 0 Å². The minimum atomic E-state index is -0.945. The zero-order chi connectivity index (χ0) is 13.9. The molecule has 4 nitrogen and oxygen atoms in total. The van der Waals surface area contributed by atoms with E-state index >= 15 is 0 Å². The quantitative estimate of drug-likeness (QED) is 0.892. The molecule has 1 aliphatic heterocycles. The molecule has 1 aromatic carbocycles. The highest BCUT2D eigenvalue weighted by Gasteiger charge is 2.32. The molecule has 0 spiro atoms. The lowest BCUT2D eigenvalue weighted by Crippen LogP contribution is -2.43. The number of hydrogen-bond acceptors (Lipinski definition) is 3. The van der Waals surface area contributed by atoms with Gasteiger partial charge in [-0.15, -0.1) is 0 Å². The number of nitrogens with one attached hydrogen (secondary N) is 1. The van der Waals surface area contributed by atoms with Gasteiger partial charge < -0.3 is 15.2 Å². The summed E-state index contributed by atoms with van der Waals surface area (Å²) in [6.45, 7) is 0.974. The van der Waals surface area contributed by atoms with Crippen LogP contribution in [0.25, 0.3) is 0 Å². The van der Waals surface area contributed by atoms with Crippen molar-refractivity contribution < 1.29 is 14.6 Å². The first kappa shape index (κ1) is 14.6. The number of rotatable bonds is 4. The smallest absolute Gasteiger partial charge is 0.224 e. The molecule has 0 aromatic heterocycles. The van der Waals surface area contributed by atoms with E-state index in [4.69, 9.17) is 27.9 Å². The van der Waals surface area contributed by atoms with Crippen molar-refractivity contribution in [2.75, 3.05) is 19.8 Å². The van der Waals surface area contributed by atoms with Gasteiger partial charge in [-0.2, -0.15) is 0 Å². The summed E-state index contributed by atoms with van der Waals surface area (Å²) in [6.07, 6.45) is 0.696. The second-order valence-corrected chi connectivity index (χ2v) is 5.56. The minimum Gasteiger partial charge on any atom is -0.386 e. The monoisotopic (exact) mass is 303 g/mol. The van der Waals surface area contributed by atoms with E-state index in [-0.39, 0.29) is 25.5 Å². The van der Waals surface area contributed by atoms with Crippen LogP contribution in [-0.2, 0) is 16.0 Å². The van der Waals surface area contributed by atoms with Crippen LogP contribution in [0.15, 0.2) is 18.2 Å². The van der Waals surface area contributed by atoms with E-state index in [9.17, 15) is 9.90 Å². The average molecular weight is 304 g/mol. The number of ether oxygens (including phenoxy) is 1. The molecule has 1 aromatic rings. The Hall–Kier alpha value is -0.810. The van der Waals surface area contributed by atoms with Gasteiger partial charge in [0.15, 0.2) is 0 Å². The lowest BCUT2D eigenvalue weighted by atomic mass is 10.0. The molecule has 1 unspecified atom stereocenters. The first-order valence-corrected chi connectivity index (χ1v) is 6.75. The van der Waals surface area contributed by atoms with Crippen molar-refractivity contribution in [2.45, 2.75) is 18.4 Å². The molecule has 1 heterocycles. The number of carbonyl (C=O) groups is 1. The molecular weight excluding hydrogens is 289 g/mol. The molecule has 1 saturated heterocycles. The van der Waals surface area contributed by atoms with Crippen LogP contribution in [0, 0.1) is 0 Å². The highest BCUT2D eigenvalue weighted by molar-refractivity contribution is 6.35. The molecule has 2 rings (SSSR count). The summed E-state index contributed by atoms with van der Waals surface area (Å²) in [4.78, 5) is 11.8. The fraction of sp³-hybridized carbons (Fsp3) is 0.462. The first-order chi connectivity index (χ1) is 8.98. The molecule has 1 amide bonds. The average Bonchev–Trinajstić information content (AvgIpc) is 2.78. The molecule has 1 aliphatic rings. The summed E-state index contributed by atoms with van der Waals surface area (Å²) < 4.78 is 5.11. The number of halogens is 2. The third-order valence-corrected chi connectivity index (χ3v) is 3.65. The summed E-state index contributed by atoms with van der Waals surface area (Å²) >= 11 is 11.8. The van der Waals surface area contributed by atoms with Gasteiger partial charge in [-0.3, -0.25) is 4.79 Å². The Morgan fingerprint density at radius 2 is 2.26 bits per heavy atom. The number of aliphatic hydroxyl groups is 1. The van der Waals surface area contributed by atoms with E-state index < -0.39 is 5.60 Å². The van der Waals surface area contributed by atoms with Gasteiger partial charge >= 0.3 is 0 Å². The van der Waals surface area contributed by atoms with Crippen LogP contribution in [0.1, 0.15) is 12.0 Å². The van der Waals surface area contributed by atoms with Gasteiger partial charge in [0.05, 0.1) is 13.0 Å². The van der Waals surface area contributed by atoms with E-state index in [1.807, 2.05) is 0 Å². The molecular formula is C13H15Cl2NO3. The second-order valence-electron chi connectivity index (χ2n) is 4.72. The molecule has 19 heavy (non-hydrogen) atoms. The third kappa shape index (κ3) is 4.08. The summed E-state index contributed by atoms with van der Waals surface area (Å²) in [5.74, 6) is -0.190. The van der Waals surface area contributed by atoms with Crippen LogP contribution in [0.4, 0.5) is 0 Å². The van der Waals surface area contributed by atoms with Crippen LogP contribution in [0.3, 0.4) is 0 Å². The SMILES string of the molecule is O=C(Cc1ccc(Cl)cc1Cl)NCC1(O)CCOC1. The number of carbonyl (C=O) groups excluding carboxylic acids is 1. The summed E-state index contributed by atoms with van der Waals surface area (Å²) in [5, 5.41) is 13.7. The van der Waals surface area contributed by atoms with Crippen molar-refractivity contribution in [1.29, 1.82) is 0 Å². The second kappa shape index (κ2) is 6.09. The molecule has 6 heteroatoms. The molecule has 2 N–H and O–H groups in total. The lowest BCUT2D eigenvalue weighted by Gasteiger charge is -2.20. The van der Waals surface area contributed by atoms with Gasteiger partial charge in [0.1, 0.15) is 5.60 Å². The van der Waals surface area contributed by atoms with Gasteiger partial charge in [0, 0.05) is 29.6 Å². The van der Waals surface area contributed by atoms with Crippen molar-refractivity contribution in [2.24, 2.45) is 0 Å². The Morgan fingerprint density at radius 3 is 2.89 bits per heavy atom. The maximum atomic E-state index is 11.8. The van der Waals surface area contributed by atoms with E-state index in [1.54, 1.807) is 18.2 Å². The number of hydrogen-bond donors (Lipinski definition) is 2. The normalized spacial score (nSPS) is 22.5. The summed E-state index contributed by atoms with van der Waals surface area (Å²) in [7, 11) is 0. The molecule has 0 radical (unpaired) electrons. The van der Waals surface area contributed by atoms with E-state index in [0.717, 1.165) is 0 Å². The zero-order valence-electron chi connectivity index (χ0n) is 10.3. The third-order valence-electron chi connectivity index (χ3n) is 3.06. The van der Waals surface area contributed by atoms with Gasteiger partial charge in [-0.05, 0) is 17.7 Å². The van der Waals surface area contributed by atoms with Crippen LogP contribution >= 0.6 is 23.2 Å². The first-order valence-electron chi connectivity index (χ1n) is 5.99. The van der Waals surface area contributed by atoms with Crippen molar-refractivity contribution in [3.8, 4) is 0 Å². The van der Waals surface area contributed by atoms with Crippen LogP contribution < -0.4 is 5.32 Å². The minimum absolute atomic E-state index is 0.160. The maximum absolute atomic E-state index is 11.8. The van der Waals surface area contributed by atoms with Crippen molar-refractivity contribution in [3.63, 3.8) is 0 Å². The van der Waals surface area contributed by atoms with Crippen LogP contribution in [-0.4, -0.2) is 36.4 Å². The highest BCUT2D eigenvalue weighted by Crippen LogP contribution is 2.21. The highest BCUT2D eigenvalue weighted by atomic mass is 35.5. The van der Waals surface area contributed by atoms with Gasteiger partial charge in [-0.25, -0.2) is 0 Å². The fourth-order valence-electron chi connectivity index (χ4n) is 1.90. The van der Waals surface area contributed by atoms with E-state index in [0.29, 0.717) is 28.6 Å². The fourth-order valence-corrected chi connectivity index (χ4v) is 2.37. The largest absolute Gasteiger partial charge is 0.386 e. The van der Waals surface area contributed by atoms with Gasteiger partial charge in [-0.1, -0.05) is 29.3 Å². The Balaban J connectivity index is 1.87. The summed E-state index contributed by atoms with van der Waals surface area (Å²) in [6, 6.07) is 5.01. The number of amides is 1. The molecule has 0 aliphatic carbocycles. The van der Waals surface area contributed by atoms with E-state index in [1.165, 1.54) is 0 Å². The van der Waals surface area contributed by atoms with E-state index in [2.05, 4.69) is 5.32 Å². The Morgan fingerprint density at radius 1 is 1.47 bits per heavy atom. The predicted octanol–water partition coefficient (Wildman–Crippen LogP) is 1.80. The predicted molar refractivity (Wildman–Crippen MR) is 73.6 cm³/mol. The number of benzene rings is 1. The standard InChI is InChI=1S/C13H15Cl2NO3/c14-10-2-1-9(11(15)6-10)5-12(17)16-7-13(18)3-4-19-8-13/h1-2,6,18H,3-5,7-8H2,(H,16,17). The van der Waals surface area contributed by atoms with Crippen LogP contribution in [0.2, 0.25) is 10.0 Å². The van der Waals surface area contributed by atoms with Crippen molar-refractivity contribution in [1.82, 2.24) is 5.32 Å². The maximum Gasteiger partial charge on any atom is 0.224 e. The zero-order valence-corrected chi connectivity index (χ0v) is 11.8.